The summed E-state index contributed by atoms with van der Waals surface area (Å²) in [5.74, 6) is 0.268. The van der Waals surface area contributed by atoms with Crippen LogP contribution in [0, 0.1) is 0 Å². The van der Waals surface area contributed by atoms with Crippen LogP contribution in [0.15, 0.2) is 48.5 Å². The van der Waals surface area contributed by atoms with Crippen LogP contribution < -0.4 is 15.4 Å². The lowest BCUT2D eigenvalue weighted by atomic mass is 10.1. The largest absolute Gasteiger partial charge is 0.496 e. The third-order valence-electron chi connectivity index (χ3n) is 3.28. The molecule has 0 aromatic heterocycles. The lowest BCUT2D eigenvalue weighted by Crippen LogP contribution is -2.17. The van der Waals surface area contributed by atoms with Crippen LogP contribution in [0.5, 0.6) is 5.75 Å². The topological polar surface area (TPSA) is 70.6 Å². The first-order chi connectivity index (χ1) is 10.7. The van der Waals surface area contributed by atoms with Crippen LogP contribution in [0.3, 0.4) is 0 Å². The number of aliphatic hydroxyl groups excluding tert-OH is 1. The van der Waals surface area contributed by atoms with Crippen LogP contribution in [0.2, 0.25) is 0 Å². The van der Waals surface area contributed by atoms with Gasteiger partial charge in [-0.3, -0.25) is 4.79 Å². The fourth-order valence-corrected chi connectivity index (χ4v) is 2.17. The van der Waals surface area contributed by atoms with Crippen molar-refractivity contribution < 1.29 is 14.6 Å². The molecule has 0 aliphatic heterocycles. The highest BCUT2D eigenvalue weighted by Gasteiger charge is 2.13. The maximum atomic E-state index is 12.3. The van der Waals surface area contributed by atoms with Gasteiger partial charge in [0.1, 0.15) is 5.75 Å². The van der Waals surface area contributed by atoms with E-state index in [0.717, 1.165) is 5.56 Å². The Labute approximate surface area is 129 Å². The van der Waals surface area contributed by atoms with E-state index in [1.165, 1.54) is 7.11 Å². The number of nitrogens with one attached hydrogen (secondary N) is 2. The van der Waals surface area contributed by atoms with E-state index in [-0.39, 0.29) is 5.91 Å². The molecule has 0 spiro atoms. The minimum Gasteiger partial charge on any atom is -0.496 e. The van der Waals surface area contributed by atoms with Crippen LogP contribution in [-0.4, -0.2) is 31.7 Å². The summed E-state index contributed by atoms with van der Waals surface area (Å²) in [6.45, 7) is 0.448. The molecule has 0 aliphatic carbocycles. The standard InChI is InChI=1S/C17H20N2O3/c1-18-11-15(20)12-6-5-7-13(10-12)19-17(21)14-8-3-4-9-16(14)22-2/h3-10,15,18,20H,11H2,1-2H3,(H,19,21). The number of methoxy groups -OCH3 is 1. The lowest BCUT2D eigenvalue weighted by molar-refractivity contribution is 0.102. The normalized spacial score (nSPS) is 11.8. The highest BCUT2D eigenvalue weighted by molar-refractivity contribution is 6.06. The van der Waals surface area contributed by atoms with Crippen LogP contribution in [0.1, 0.15) is 22.0 Å². The molecule has 0 heterocycles. The molecule has 2 rings (SSSR count). The van der Waals surface area contributed by atoms with Gasteiger partial charge in [0, 0.05) is 12.2 Å². The second-order valence-corrected chi connectivity index (χ2v) is 4.85. The van der Waals surface area contributed by atoms with Crippen molar-refractivity contribution in [2.75, 3.05) is 26.0 Å². The SMILES string of the molecule is CNCC(O)c1cccc(NC(=O)c2ccccc2OC)c1. The number of para-hydroxylation sites is 1. The Morgan fingerprint density at radius 1 is 1.23 bits per heavy atom. The Hall–Kier alpha value is -2.37. The molecule has 0 saturated heterocycles. The van der Waals surface area contributed by atoms with Gasteiger partial charge in [0.15, 0.2) is 0 Å². The second kappa shape index (κ2) is 7.59. The highest BCUT2D eigenvalue weighted by atomic mass is 16.5. The Balaban J connectivity index is 2.16. The minimum absolute atomic E-state index is 0.252. The molecule has 1 unspecified atom stereocenters. The van der Waals surface area contributed by atoms with Crippen LogP contribution in [0.4, 0.5) is 5.69 Å². The van der Waals surface area contributed by atoms with Crippen molar-refractivity contribution in [1.29, 1.82) is 0 Å². The summed E-state index contributed by atoms with van der Waals surface area (Å²) in [6, 6.07) is 14.2. The van der Waals surface area contributed by atoms with E-state index >= 15 is 0 Å². The molecule has 1 atom stereocenters. The van der Waals surface area contributed by atoms with E-state index in [1.807, 2.05) is 12.1 Å². The summed E-state index contributed by atoms with van der Waals surface area (Å²) < 4.78 is 5.19. The van der Waals surface area contributed by atoms with Gasteiger partial charge in [-0.05, 0) is 36.9 Å². The van der Waals surface area contributed by atoms with Crippen molar-refractivity contribution in [3.05, 3.63) is 59.7 Å². The van der Waals surface area contributed by atoms with Gasteiger partial charge in [0.2, 0.25) is 0 Å². The van der Waals surface area contributed by atoms with Crippen LogP contribution in [-0.2, 0) is 0 Å². The molecule has 5 nitrogen and oxygen atoms in total. The predicted molar refractivity (Wildman–Crippen MR) is 86.3 cm³/mol. The molecule has 2 aromatic rings. The maximum Gasteiger partial charge on any atom is 0.259 e. The van der Waals surface area contributed by atoms with Crippen molar-refractivity contribution in [2.24, 2.45) is 0 Å². The Morgan fingerprint density at radius 2 is 2.00 bits per heavy atom. The monoisotopic (exact) mass is 300 g/mol. The molecule has 1 amide bonds. The number of anilines is 1. The zero-order chi connectivity index (χ0) is 15.9. The van der Waals surface area contributed by atoms with Gasteiger partial charge in [-0.2, -0.15) is 0 Å². The average Bonchev–Trinajstić information content (AvgIpc) is 2.55. The van der Waals surface area contributed by atoms with E-state index < -0.39 is 6.10 Å². The van der Waals surface area contributed by atoms with E-state index in [1.54, 1.807) is 43.4 Å². The van der Waals surface area contributed by atoms with Crippen LogP contribution >= 0.6 is 0 Å². The van der Waals surface area contributed by atoms with E-state index in [4.69, 9.17) is 4.74 Å². The molecule has 22 heavy (non-hydrogen) atoms. The van der Waals surface area contributed by atoms with E-state index in [0.29, 0.717) is 23.5 Å². The summed E-state index contributed by atoms with van der Waals surface area (Å²) in [5, 5.41) is 15.7. The first kappa shape index (κ1) is 16.0. The Morgan fingerprint density at radius 3 is 2.73 bits per heavy atom. The number of hydrogen-bond donors (Lipinski definition) is 3. The number of carbonyl (C=O) groups is 1. The van der Waals surface area contributed by atoms with Crippen molar-refractivity contribution in [2.45, 2.75) is 6.10 Å². The summed E-state index contributed by atoms with van der Waals surface area (Å²) in [7, 11) is 3.30. The first-order valence-electron chi connectivity index (χ1n) is 7.02. The van der Waals surface area contributed by atoms with Gasteiger partial charge in [-0.25, -0.2) is 0 Å². The summed E-state index contributed by atoms with van der Waals surface area (Å²) in [4.78, 5) is 12.3. The molecule has 0 bridgehead atoms. The number of likely N-dealkylation sites (N-methyl/N-ethyl adjacent to an activating group) is 1. The Bertz CT molecular complexity index is 643. The summed E-state index contributed by atoms with van der Waals surface area (Å²) >= 11 is 0. The number of amides is 1. The van der Waals surface area contributed by atoms with Gasteiger partial charge in [-0.1, -0.05) is 24.3 Å². The van der Waals surface area contributed by atoms with E-state index in [2.05, 4.69) is 10.6 Å². The van der Waals surface area contributed by atoms with E-state index in [9.17, 15) is 9.90 Å². The molecule has 5 heteroatoms. The van der Waals surface area contributed by atoms with Crippen molar-refractivity contribution in [1.82, 2.24) is 5.32 Å². The highest BCUT2D eigenvalue weighted by Crippen LogP contribution is 2.21. The van der Waals surface area contributed by atoms with Crippen molar-refractivity contribution >= 4 is 11.6 Å². The second-order valence-electron chi connectivity index (χ2n) is 4.85. The van der Waals surface area contributed by atoms with Gasteiger partial charge in [0.25, 0.3) is 5.91 Å². The van der Waals surface area contributed by atoms with Gasteiger partial charge in [0.05, 0.1) is 18.8 Å². The predicted octanol–water partition coefficient (Wildman–Crippen LogP) is 2.20. The minimum atomic E-state index is -0.617. The third kappa shape index (κ3) is 3.84. The third-order valence-corrected chi connectivity index (χ3v) is 3.28. The zero-order valence-electron chi connectivity index (χ0n) is 12.7. The molecular formula is C17H20N2O3. The van der Waals surface area contributed by atoms with Crippen molar-refractivity contribution in [3.63, 3.8) is 0 Å². The lowest BCUT2D eigenvalue weighted by Gasteiger charge is -2.13. The Kier molecular flexibility index (Phi) is 5.52. The number of benzene rings is 2. The number of rotatable bonds is 6. The van der Waals surface area contributed by atoms with Gasteiger partial charge < -0.3 is 20.5 Å². The number of ether oxygens (including phenoxy) is 1. The fourth-order valence-electron chi connectivity index (χ4n) is 2.17. The van der Waals surface area contributed by atoms with Crippen molar-refractivity contribution in [3.8, 4) is 5.75 Å². The molecule has 0 fully saturated rings. The van der Waals surface area contributed by atoms with Gasteiger partial charge in [-0.15, -0.1) is 0 Å². The average molecular weight is 300 g/mol. The molecule has 116 valence electrons. The maximum absolute atomic E-state index is 12.3. The molecule has 2 aromatic carbocycles. The number of aliphatic hydroxyl groups is 1. The molecule has 0 aliphatic rings. The molecule has 0 radical (unpaired) electrons. The summed E-state index contributed by atoms with van der Waals surface area (Å²) in [6.07, 6.45) is -0.617. The number of hydrogen-bond acceptors (Lipinski definition) is 4. The molecule has 0 saturated carbocycles. The van der Waals surface area contributed by atoms with Crippen LogP contribution in [0.25, 0.3) is 0 Å². The fraction of sp³-hybridized carbons (Fsp3) is 0.235. The molecule has 3 N–H and O–H groups in total. The summed E-state index contributed by atoms with van der Waals surface area (Å²) in [5.41, 5.74) is 1.84. The first-order valence-corrected chi connectivity index (χ1v) is 7.02. The van der Waals surface area contributed by atoms with Gasteiger partial charge >= 0.3 is 0 Å². The quantitative estimate of drug-likeness (QED) is 0.765. The number of carbonyl (C=O) groups excluding carboxylic acids is 1. The molecular weight excluding hydrogens is 280 g/mol. The smallest absolute Gasteiger partial charge is 0.259 e. The zero-order valence-corrected chi connectivity index (χ0v) is 12.7.